The number of imidazole rings is 1. The first-order valence-corrected chi connectivity index (χ1v) is 14.7. The first-order chi connectivity index (χ1) is 21.1. The molecule has 1 aliphatic heterocycles. The third kappa shape index (κ3) is 5.69. The SMILES string of the molecule is Nc1nc(-c2ccc(-c3ccccc3)cc2)nc2c1ncn2[C@@H]1O[C@H](COS(=O)(=O)NC(=O)c2ccccc2O)[C@@H](O)[C@H]1O. The highest BCUT2D eigenvalue weighted by Gasteiger charge is 2.45. The monoisotopic (exact) mass is 618 g/mol. The molecule has 4 atom stereocenters. The predicted molar refractivity (Wildman–Crippen MR) is 157 cm³/mol. The second-order valence-electron chi connectivity index (χ2n) is 9.93. The third-order valence-corrected chi connectivity index (χ3v) is 7.95. The fraction of sp³-hybridized carbons (Fsp3) is 0.172. The van der Waals surface area contributed by atoms with Crippen molar-refractivity contribution in [1.29, 1.82) is 0 Å². The molecule has 6 N–H and O–H groups in total. The molecule has 0 bridgehead atoms. The largest absolute Gasteiger partial charge is 0.507 e. The van der Waals surface area contributed by atoms with Crippen molar-refractivity contribution in [3.05, 3.63) is 90.8 Å². The molecule has 226 valence electrons. The molecule has 0 aliphatic carbocycles. The van der Waals surface area contributed by atoms with Gasteiger partial charge >= 0.3 is 10.3 Å². The zero-order valence-corrected chi connectivity index (χ0v) is 23.6. The number of amides is 1. The molecule has 0 radical (unpaired) electrons. The predicted octanol–water partition coefficient (Wildman–Crippen LogP) is 1.76. The van der Waals surface area contributed by atoms with Crippen LogP contribution in [0.1, 0.15) is 16.6 Å². The van der Waals surface area contributed by atoms with E-state index in [0.29, 0.717) is 5.56 Å². The van der Waals surface area contributed by atoms with Crippen LogP contribution in [0.3, 0.4) is 0 Å². The first-order valence-electron chi connectivity index (χ1n) is 13.3. The van der Waals surface area contributed by atoms with Crippen molar-refractivity contribution < 1.29 is 37.5 Å². The second-order valence-corrected chi connectivity index (χ2v) is 11.3. The Bertz CT molecular complexity index is 1940. The van der Waals surface area contributed by atoms with Crippen LogP contribution < -0.4 is 10.5 Å². The minimum absolute atomic E-state index is 0.0788. The van der Waals surface area contributed by atoms with Gasteiger partial charge in [-0.15, -0.1) is 0 Å². The summed E-state index contributed by atoms with van der Waals surface area (Å²) in [5.74, 6) is -1.18. The number of nitrogens with two attached hydrogens (primary N) is 1. The average Bonchev–Trinajstić information content (AvgIpc) is 3.57. The van der Waals surface area contributed by atoms with Gasteiger partial charge < -0.3 is 25.8 Å². The lowest BCUT2D eigenvalue weighted by atomic mass is 10.0. The molecule has 1 amide bonds. The maximum absolute atomic E-state index is 12.4. The van der Waals surface area contributed by atoms with Gasteiger partial charge in [0, 0.05) is 5.56 Å². The summed E-state index contributed by atoms with van der Waals surface area (Å²) in [5, 5.41) is 31.2. The Labute approximate surface area is 250 Å². The van der Waals surface area contributed by atoms with Gasteiger partial charge in [0.25, 0.3) is 5.91 Å². The molecule has 1 fully saturated rings. The van der Waals surface area contributed by atoms with Crippen LogP contribution >= 0.6 is 0 Å². The fourth-order valence-corrected chi connectivity index (χ4v) is 5.52. The molecular formula is C29H26N6O8S. The van der Waals surface area contributed by atoms with E-state index in [4.69, 9.17) is 14.7 Å². The maximum Gasteiger partial charge on any atom is 0.362 e. The van der Waals surface area contributed by atoms with Gasteiger partial charge in [-0.05, 0) is 23.3 Å². The number of ether oxygens (including phenoxy) is 1. The molecule has 44 heavy (non-hydrogen) atoms. The van der Waals surface area contributed by atoms with Crippen molar-refractivity contribution >= 4 is 33.2 Å². The van der Waals surface area contributed by atoms with E-state index in [1.807, 2.05) is 54.6 Å². The number of phenolic OH excluding ortho intramolecular Hbond substituents is 1. The molecule has 2 aromatic heterocycles. The number of carbonyl (C=O) groups excluding carboxylic acids is 1. The zero-order valence-electron chi connectivity index (χ0n) is 22.8. The number of fused-ring (bicyclic) bond motifs is 1. The molecule has 6 rings (SSSR count). The number of aromatic hydroxyl groups is 1. The number of nitrogens with one attached hydrogen (secondary N) is 1. The molecule has 0 saturated carbocycles. The summed E-state index contributed by atoms with van der Waals surface area (Å²) in [5.41, 5.74) is 9.05. The number of aliphatic hydroxyl groups is 2. The lowest BCUT2D eigenvalue weighted by Crippen LogP contribution is -2.37. The van der Waals surface area contributed by atoms with E-state index >= 15 is 0 Å². The summed E-state index contributed by atoms with van der Waals surface area (Å²) in [6.07, 6.45) is -4.38. The minimum atomic E-state index is -4.68. The number of anilines is 1. The van der Waals surface area contributed by atoms with Crippen molar-refractivity contribution in [3.8, 4) is 28.3 Å². The van der Waals surface area contributed by atoms with Crippen molar-refractivity contribution in [2.24, 2.45) is 0 Å². The van der Waals surface area contributed by atoms with E-state index in [9.17, 15) is 28.5 Å². The molecule has 3 heterocycles. The summed E-state index contributed by atoms with van der Waals surface area (Å²) in [4.78, 5) is 25.5. The van der Waals surface area contributed by atoms with Crippen LogP contribution in [0.4, 0.5) is 5.82 Å². The molecule has 15 heteroatoms. The smallest absolute Gasteiger partial charge is 0.362 e. The van der Waals surface area contributed by atoms with Crippen LogP contribution in [0.5, 0.6) is 5.75 Å². The van der Waals surface area contributed by atoms with Crippen LogP contribution in [-0.4, -0.2) is 74.1 Å². The highest BCUT2D eigenvalue weighted by molar-refractivity contribution is 7.85. The van der Waals surface area contributed by atoms with E-state index in [0.717, 1.165) is 11.1 Å². The lowest BCUT2D eigenvalue weighted by molar-refractivity contribution is -0.0468. The van der Waals surface area contributed by atoms with Gasteiger partial charge in [-0.25, -0.2) is 19.7 Å². The van der Waals surface area contributed by atoms with Crippen molar-refractivity contribution in [2.75, 3.05) is 12.3 Å². The van der Waals surface area contributed by atoms with Crippen LogP contribution in [0, 0.1) is 0 Å². The minimum Gasteiger partial charge on any atom is -0.507 e. The van der Waals surface area contributed by atoms with E-state index in [2.05, 4.69) is 15.0 Å². The van der Waals surface area contributed by atoms with Crippen molar-refractivity contribution in [3.63, 3.8) is 0 Å². The van der Waals surface area contributed by atoms with Gasteiger partial charge in [-0.2, -0.15) is 8.42 Å². The van der Waals surface area contributed by atoms with Crippen LogP contribution in [-0.2, 0) is 19.2 Å². The highest BCUT2D eigenvalue weighted by atomic mass is 32.2. The van der Waals surface area contributed by atoms with Crippen molar-refractivity contribution in [2.45, 2.75) is 24.5 Å². The number of benzene rings is 3. The van der Waals surface area contributed by atoms with E-state index in [1.165, 1.54) is 35.2 Å². The lowest BCUT2D eigenvalue weighted by Gasteiger charge is -2.17. The molecule has 3 aromatic carbocycles. The number of phenols is 1. The summed E-state index contributed by atoms with van der Waals surface area (Å²) in [7, 11) is -4.68. The number of carbonyl (C=O) groups is 1. The number of aromatic nitrogens is 4. The van der Waals surface area contributed by atoms with Gasteiger partial charge in [0.15, 0.2) is 23.5 Å². The Balaban J connectivity index is 1.19. The molecule has 1 saturated heterocycles. The topological polar surface area (TPSA) is 212 Å². The molecule has 1 aliphatic rings. The zero-order chi connectivity index (χ0) is 31.0. The van der Waals surface area contributed by atoms with Crippen LogP contribution in [0.2, 0.25) is 0 Å². The number of aliphatic hydroxyl groups excluding tert-OH is 2. The summed E-state index contributed by atoms with van der Waals surface area (Å²) in [6.45, 7) is -0.749. The standard InChI is InChI=1S/C29H26N6O8S/c30-25-22-27(33-26(32-25)18-12-10-17(11-13-18)16-6-2-1-3-7-16)35(15-31-22)29-24(38)23(37)21(43-29)14-42-44(40,41)34-28(39)19-8-4-5-9-20(19)36/h1-13,15,21,23-24,29,36-38H,14H2,(H,34,39)(H2,30,32,33)/t21-,23-,24-,29-/m1/s1. The summed E-state index contributed by atoms with van der Waals surface area (Å²) >= 11 is 0. The number of nitrogen functional groups attached to an aromatic ring is 1. The van der Waals surface area contributed by atoms with Crippen molar-refractivity contribution in [1.82, 2.24) is 24.2 Å². The molecule has 14 nitrogen and oxygen atoms in total. The summed E-state index contributed by atoms with van der Waals surface area (Å²) < 4.78 is 38.4. The Morgan fingerprint density at radius 3 is 2.32 bits per heavy atom. The van der Waals surface area contributed by atoms with Gasteiger partial charge in [-0.3, -0.25) is 13.5 Å². The Hall–Kier alpha value is -4.93. The van der Waals surface area contributed by atoms with E-state index in [-0.39, 0.29) is 28.4 Å². The first kappa shape index (κ1) is 29.2. The Morgan fingerprint density at radius 1 is 0.932 bits per heavy atom. The third-order valence-electron chi connectivity index (χ3n) is 7.06. The normalized spacial score (nSPS) is 20.1. The van der Waals surface area contributed by atoms with E-state index in [1.54, 1.807) is 4.72 Å². The molecule has 5 aromatic rings. The number of hydrogen-bond acceptors (Lipinski definition) is 12. The van der Waals surface area contributed by atoms with Gasteiger partial charge in [0.2, 0.25) is 0 Å². The number of rotatable bonds is 8. The van der Waals surface area contributed by atoms with Gasteiger partial charge in [-0.1, -0.05) is 66.7 Å². The second kappa shape index (κ2) is 11.6. The molecule has 0 unspecified atom stereocenters. The highest BCUT2D eigenvalue weighted by Crippen LogP contribution is 2.33. The van der Waals surface area contributed by atoms with E-state index < -0.39 is 53.1 Å². The quantitative estimate of drug-likeness (QED) is 0.168. The Kier molecular flexibility index (Phi) is 7.71. The average molecular weight is 619 g/mol. The van der Waals surface area contributed by atoms with Crippen LogP contribution in [0.25, 0.3) is 33.7 Å². The van der Waals surface area contributed by atoms with Gasteiger partial charge in [0.05, 0.1) is 18.5 Å². The van der Waals surface area contributed by atoms with Gasteiger partial charge in [0.1, 0.15) is 29.6 Å². The summed E-state index contributed by atoms with van der Waals surface area (Å²) in [6, 6.07) is 22.7. The number of para-hydroxylation sites is 1. The molecule has 0 spiro atoms. The van der Waals surface area contributed by atoms with Crippen LogP contribution in [0.15, 0.2) is 85.2 Å². The number of hydrogen-bond donors (Lipinski definition) is 5. The maximum atomic E-state index is 12.4. The fourth-order valence-electron chi connectivity index (χ4n) is 4.81. The molecular weight excluding hydrogens is 592 g/mol. The Morgan fingerprint density at radius 2 is 1.59 bits per heavy atom. The number of nitrogens with zero attached hydrogens (tertiary/aromatic N) is 4.